The number of imidazole rings is 1. The SMILES string of the molecule is CC[C@@H](N)c1cncn1C1CCCN(CC)C1. The minimum atomic E-state index is 0.120. The van der Waals surface area contributed by atoms with Gasteiger partial charge < -0.3 is 15.2 Å². The fraction of sp³-hybridized carbons (Fsp3) is 0.769. The Morgan fingerprint density at radius 1 is 1.53 bits per heavy atom. The summed E-state index contributed by atoms with van der Waals surface area (Å²) in [6.45, 7) is 7.86. The molecule has 4 nitrogen and oxygen atoms in total. The molecule has 96 valence electrons. The van der Waals surface area contributed by atoms with Gasteiger partial charge in [0.2, 0.25) is 0 Å². The van der Waals surface area contributed by atoms with Gasteiger partial charge >= 0.3 is 0 Å². The third-order valence-corrected chi connectivity index (χ3v) is 3.84. The van der Waals surface area contributed by atoms with Gasteiger partial charge in [0.25, 0.3) is 0 Å². The fourth-order valence-corrected chi connectivity index (χ4v) is 2.66. The molecule has 0 bridgehead atoms. The second-order valence-electron chi connectivity index (χ2n) is 4.93. The van der Waals surface area contributed by atoms with E-state index in [9.17, 15) is 0 Å². The zero-order chi connectivity index (χ0) is 12.3. The highest BCUT2D eigenvalue weighted by Crippen LogP contribution is 2.25. The highest BCUT2D eigenvalue weighted by Gasteiger charge is 2.22. The normalized spacial score (nSPS) is 23.8. The van der Waals surface area contributed by atoms with E-state index >= 15 is 0 Å². The van der Waals surface area contributed by atoms with E-state index in [0.29, 0.717) is 6.04 Å². The molecule has 1 aromatic heterocycles. The molecular formula is C13H24N4. The minimum Gasteiger partial charge on any atom is -0.329 e. The number of hydrogen-bond donors (Lipinski definition) is 1. The van der Waals surface area contributed by atoms with Gasteiger partial charge in [-0.1, -0.05) is 13.8 Å². The predicted octanol–water partition coefficient (Wildman–Crippen LogP) is 1.95. The predicted molar refractivity (Wildman–Crippen MR) is 69.8 cm³/mol. The third-order valence-electron chi connectivity index (χ3n) is 3.84. The van der Waals surface area contributed by atoms with Gasteiger partial charge in [-0.05, 0) is 32.4 Å². The molecule has 2 atom stereocenters. The van der Waals surface area contributed by atoms with Crippen molar-refractivity contribution < 1.29 is 0 Å². The monoisotopic (exact) mass is 236 g/mol. The van der Waals surface area contributed by atoms with E-state index in [1.807, 2.05) is 12.5 Å². The topological polar surface area (TPSA) is 47.1 Å². The van der Waals surface area contributed by atoms with Crippen molar-refractivity contribution in [1.29, 1.82) is 0 Å². The van der Waals surface area contributed by atoms with Gasteiger partial charge in [0.1, 0.15) is 0 Å². The maximum atomic E-state index is 6.14. The van der Waals surface area contributed by atoms with Gasteiger partial charge in [0, 0.05) is 24.8 Å². The Labute approximate surface area is 104 Å². The Morgan fingerprint density at radius 3 is 3.06 bits per heavy atom. The summed E-state index contributed by atoms with van der Waals surface area (Å²) in [4.78, 5) is 6.79. The van der Waals surface area contributed by atoms with Crippen molar-refractivity contribution in [1.82, 2.24) is 14.5 Å². The molecule has 1 aromatic rings. The molecule has 1 aliphatic heterocycles. The summed E-state index contributed by atoms with van der Waals surface area (Å²) < 4.78 is 2.30. The second kappa shape index (κ2) is 5.65. The molecule has 0 radical (unpaired) electrons. The van der Waals surface area contributed by atoms with Crippen molar-refractivity contribution in [3.05, 3.63) is 18.2 Å². The molecule has 1 saturated heterocycles. The van der Waals surface area contributed by atoms with Gasteiger partial charge in [0.15, 0.2) is 0 Å². The Bertz CT molecular complexity index is 347. The first-order valence-electron chi connectivity index (χ1n) is 6.75. The molecule has 0 aliphatic carbocycles. The largest absolute Gasteiger partial charge is 0.329 e. The molecule has 2 N–H and O–H groups in total. The van der Waals surface area contributed by atoms with Crippen LogP contribution in [0.1, 0.15) is 50.9 Å². The first-order valence-corrected chi connectivity index (χ1v) is 6.75. The van der Waals surface area contributed by atoms with E-state index < -0.39 is 0 Å². The summed E-state index contributed by atoms with van der Waals surface area (Å²) >= 11 is 0. The van der Waals surface area contributed by atoms with Crippen molar-refractivity contribution >= 4 is 0 Å². The number of likely N-dealkylation sites (N-methyl/N-ethyl adjacent to an activating group) is 1. The molecule has 0 aromatic carbocycles. The van der Waals surface area contributed by atoms with E-state index in [4.69, 9.17) is 5.73 Å². The van der Waals surface area contributed by atoms with E-state index in [2.05, 4.69) is 28.3 Å². The summed E-state index contributed by atoms with van der Waals surface area (Å²) in [5, 5.41) is 0. The van der Waals surface area contributed by atoms with Crippen molar-refractivity contribution in [3.63, 3.8) is 0 Å². The van der Waals surface area contributed by atoms with Crippen molar-refractivity contribution in [2.24, 2.45) is 5.73 Å². The minimum absolute atomic E-state index is 0.120. The number of piperidine rings is 1. The molecule has 1 unspecified atom stereocenters. The second-order valence-corrected chi connectivity index (χ2v) is 4.93. The molecule has 0 spiro atoms. The highest BCUT2D eigenvalue weighted by atomic mass is 15.2. The number of hydrogen-bond acceptors (Lipinski definition) is 3. The first-order chi connectivity index (χ1) is 8.26. The Hall–Kier alpha value is -0.870. The van der Waals surface area contributed by atoms with Gasteiger partial charge in [0.05, 0.1) is 12.0 Å². The van der Waals surface area contributed by atoms with Gasteiger partial charge in [-0.2, -0.15) is 0 Å². The summed E-state index contributed by atoms with van der Waals surface area (Å²) in [6.07, 6.45) is 7.37. The molecule has 0 amide bonds. The summed E-state index contributed by atoms with van der Waals surface area (Å²) in [5.74, 6) is 0. The van der Waals surface area contributed by atoms with Gasteiger partial charge in [-0.25, -0.2) is 4.98 Å². The van der Waals surface area contributed by atoms with Crippen LogP contribution in [-0.2, 0) is 0 Å². The lowest BCUT2D eigenvalue weighted by molar-refractivity contribution is 0.182. The summed E-state index contributed by atoms with van der Waals surface area (Å²) in [6, 6.07) is 0.674. The van der Waals surface area contributed by atoms with E-state index in [-0.39, 0.29) is 6.04 Å². The smallest absolute Gasteiger partial charge is 0.0951 e. The number of likely N-dealkylation sites (tertiary alicyclic amines) is 1. The number of rotatable bonds is 4. The number of aromatic nitrogens is 2. The molecule has 1 fully saturated rings. The zero-order valence-corrected chi connectivity index (χ0v) is 11.0. The van der Waals surface area contributed by atoms with Gasteiger partial charge in [-0.15, -0.1) is 0 Å². The van der Waals surface area contributed by atoms with Crippen molar-refractivity contribution in [2.75, 3.05) is 19.6 Å². The summed E-state index contributed by atoms with van der Waals surface area (Å²) in [5.41, 5.74) is 7.33. The molecule has 0 saturated carbocycles. The van der Waals surface area contributed by atoms with Crippen LogP contribution in [0, 0.1) is 0 Å². The van der Waals surface area contributed by atoms with Crippen molar-refractivity contribution in [2.45, 2.75) is 45.2 Å². The Balaban J connectivity index is 2.13. The lowest BCUT2D eigenvalue weighted by atomic mass is 10.0. The summed E-state index contributed by atoms with van der Waals surface area (Å²) in [7, 11) is 0. The molecule has 2 rings (SSSR count). The number of nitrogens with two attached hydrogens (primary N) is 1. The van der Waals surface area contributed by atoms with Crippen LogP contribution in [0.4, 0.5) is 0 Å². The van der Waals surface area contributed by atoms with E-state index in [1.165, 1.54) is 25.1 Å². The van der Waals surface area contributed by atoms with Crippen LogP contribution >= 0.6 is 0 Å². The standard InChI is InChI=1S/C13H24N4/c1-3-12(14)13-8-15-10-17(13)11-6-5-7-16(4-2)9-11/h8,10-12H,3-7,9,14H2,1-2H3/t11?,12-/m1/s1. The molecular weight excluding hydrogens is 212 g/mol. The average molecular weight is 236 g/mol. The van der Waals surface area contributed by atoms with Crippen molar-refractivity contribution in [3.8, 4) is 0 Å². The lowest BCUT2D eigenvalue weighted by Gasteiger charge is -2.33. The zero-order valence-electron chi connectivity index (χ0n) is 11.0. The van der Waals surface area contributed by atoms with Crippen LogP contribution < -0.4 is 5.73 Å². The Morgan fingerprint density at radius 2 is 2.35 bits per heavy atom. The maximum absolute atomic E-state index is 6.14. The number of nitrogens with zero attached hydrogens (tertiary/aromatic N) is 3. The molecule has 2 heterocycles. The van der Waals surface area contributed by atoms with Crippen LogP contribution in [0.2, 0.25) is 0 Å². The fourth-order valence-electron chi connectivity index (χ4n) is 2.66. The van der Waals surface area contributed by atoms with Crippen LogP contribution in [0.15, 0.2) is 12.5 Å². The lowest BCUT2D eigenvalue weighted by Crippen LogP contribution is -2.37. The van der Waals surface area contributed by atoms with Crippen LogP contribution in [-0.4, -0.2) is 34.1 Å². The molecule has 17 heavy (non-hydrogen) atoms. The first kappa shape index (κ1) is 12.6. The quantitative estimate of drug-likeness (QED) is 0.869. The van der Waals surface area contributed by atoms with E-state index in [0.717, 1.165) is 19.5 Å². The third kappa shape index (κ3) is 2.69. The highest BCUT2D eigenvalue weighted by molar-refractivity contribution is 5.06. The van der Waals surface area contributed by atoms with Gasteiger partial charge in [-0.3, -0.25) is 0 Å². The maximum Gasteiger partial charge on any atom is 0.0951 e. The average Bonchev–Trinajstić information content (AvgIpc) is 2.87. The molecule has 1 aliphatic rings. The molecule has 4 heteroatoms. The van der Waals surface area contributed by atoms with E-state index in [1.54, 1.807) is 0 Å². The van der Waals surface area contributed by atoms with Crippen LogP contribution in [0.5, 0.6) is 0 Å². The van der Waals surface area contributed by atoms with Crippen LogP contribution in [0.25, 0.3) is 0 Å². The van der Waals surface area contributed by atoms with Crippen LogP contribution in [0.3, 0.4) is 0 Å². The Kier molecular flexibility index (Phi) is 4.18.